The van der Waals surface area contributed by atoms with Gasteiger partial charge in [0.15, 0.2) is 0 Å². The molecule has 1 heterocycles. The predicted molar refractivity (Wildman–Crippen MR) is 72.7 cm³/mol. The van der Waals surface area contributed by atoms with Crippen molar-refractivity contribution in [3.05, 3.63) is 21.9 Å². The zero-order valence-electron chi connectivity index (χ0n) is 10.3. The van der Waals surface area contributed by atoms with Crippen LogP contribution in [0.1, 0.15) is 35.6 Å². The smallest absolute Gasteiger partial charge is 0.147 e. The normalized spacial score (nSPS) is 13.8. The van der Waals surface area contributed by atoms with Crippen molar-refractivity contribution >= 4 is 21.2 Å². The van der Waals surface area contributed by atoms with Gasteiger partial charge in [-0.1, -0.05) is 6.92 Å². The molecular formula is C11H20N2O2S2. The second kappa shape index (κ2) is 6.49. The van der Waals surface area contributed by atoms with Gasteiger partial charge in [0, 0.05) is 21.8 Å². The summed E-state index contributed by atoms with van der Waals surface area (Å²) in [6.45, 7) is 2.12. The Morgan fingerprint density at radius 2 is 2.18 bits per heavy atom. The average Bonchev–Trinajstić information content (AvgIpc) is 2.71. The monoisotopic (exact) mass is 276 g/mol. The van der Waals surface area contributed by atoms with Crippen LogP contribution in [0.3, 0.4) is 0 Å². The first-order chi connectivity index (χ1) is 7.96. The summed E-state index contributed by atoms with van der Waals surface area (Å²) in [5.74, 6) is 5.73. The third kappa shape index (κ3) is 5.16. The predicted octanol–water partition coefficient (Wildman–Crippen LogP) is 1.64. The van der Waals surface area contributed by atoms with E-state index in [9.17, 15) is 8.42 Å². The molecule has 1 aromatic rings. The van der Waals surface area contributed by atoms with E-state index in [-0.39, 0.29) is 11.8 Å². The van der Waals surface area contributed by atoms with Gasteiger partial charge in [0.1, 0.15) is 9.84 Å². The summed E-state index contributed by atoms with van der Waals surface area (Å²) in [5, 5.41) is 0. The molecule has 0 aromatic carbocycles. The molecule has 0 spiro atoms. The summed E-state index contributed by atoms with van der Waals surface area (Å²) < 4.78 is 22.1. The van der Waals surface area contributed by atoms with Crippen molar-refractivity contribution in [2.24, 2.45) is 5.84 Å². The molecule has 0 aliphatic rings. The van der Waals surface area contributed by atoms with Crippen molar-refractivity contribution < 1.29 is 8.42 Å². The third-order valence-corrected chi connectivity index (χ3v) is 4.96. The first-order valence-corrected chi connectivity index (χ1v) is 8.56. The van der Waals surface area contributed by atoms with Crippen molar-refractivity contribution in [1.82, 2.24) is 5.43 Å². The number of hydrogen-bond acceptors (Lipinski definition) is 5. The molecule has 1 unspecified atom stereocenters. The highest BCUT2D eigenvalue weighted by Gasteiger charge is 2.13. The Hall–Kier alpha value is -0.430. The lowest BCUT2D eigenvalue weighted by molar-refractivity contribution is 0.515. The molecule has 1 atom stereocenters. The average molecular weight is 276 g/mol. The van der Waals surface area contributed by atoms with Gasteiger partial charge in [-0.2, -0.15) is 0 Å². The summed E-state index contributed by atoms with van der Waals surface area (Å²) in [7, 11) is -2.87. The second-order valence-electron chi connectivity index (χ2n) is 4.15. The quantitative estimate of drug-likeness (QED) is 0.586. The third-order valence-electron chi connectivity index (χ3n) is 2.58. The highest BCUT2D eigenvalue weighted by molar-refractivity contribution is 7.90. The van der Waals surface area contributed by atoms with Gasteiger partial charge in [0.05, 0.1) is 6.04 Å². The Bertz CT molecular complexity index is 440. The van der Waals surface area contributed by atoms with E-state index in [1.165, 1.54) is 16.0 Å². The lowest BCUT2D eigenvalue weighted by Gasteiger charge is -2.13. The van der Waals surface area contributed by atoms with E-state index >= 15 is 0 Å². The molecule has 0 saturated carbocycles. The minimum absolute atomic E-state index is 0.0575. The van der Waals surface area contributed by atoms with Crippen LogP contribution in [0.2, 0.25) is 0 Å². The molecule has 0 amide bonds. The Balaban J connectivity index is 2.54. The van der Waals surface area contributed by atoms with Crippen molar-refractivity contribution in [1.29, 1.82) is 0 Å². The van der Waals surface area contributed by atoms with E-state index in [4.69, 9.17) is 5.84 Å². The summed E-state index contributed by atoms with van der Waals surface area (Å²) >= 11 is 1.73. The van der Waals surface area contributed by atoms with Gasteiger partial charge in [-0.15, -0.1) is 11.3 Å². The molecule has 0 radical (unpaired) electrons. The molecule has 17 heavy (non-hydrogen) atoms. The van der Waals surface area contributed by atoms with Gasteiger partial charge >= 0.3 is 0 Å². The largest absolute Gasteiger partial charge is 0.271 e. The van der Waals surface area contributed by atoms with Crippen molar-refractivity contribution in [2.45, 2.75) is 32.2 Å². The van der Waals surface area contributed by atoms with Crippen molar-refractivity contribution in [2.75, 3.05) is 12.0 Å². The van der Waals surface area contributed by atoms with Crippen LogP contribution in [0, 0.1) is 0 Å². The SMILES string of the molecule is CCc1ccc(C(CCCS(C)(=O)=O)NN)s1. The van der Waals surface area contributed by atoms with Gasteiger partial charge < -0.3 is 0 Å². The van der Waals surface area contributed by atoms with Crippen LogP contribution in [-0.4, -0.2) is 20.4 Å². The molecule has 0 fully saturated rings. The molecule has 4 nitrogen and oxygen atoms in total. The molecule has 6 heteroatoms. The Morgan fingerprint density at radius 1 is 1.47 bits per heavy atom. The summed E-state index contributed by atoms with van der Waals surface area (Å²) in [4.78, 5) is 2.50. The molecule has 0 aliphatic heterocycles. The van der Waals surface area contributed by atoms with Gasteiger partial charge in [0.25, 0.3) is 0 Å². The number of rotatable bonds is 7. The molecular weight excluding hydrogens is 256 g/mol. The lowest BCUT2D eigenvalue weighted by Crippen LogP contribution is -2.27. The molecule has 0 aliphatic carbocycles. The number of hydrogen-bond donors (Lipinski definition) is 2. The Labute approximate surface area is 107 Å². The molecule has 1 rings (SSSR count). The number of hydrazine groups is 1. The highest BCUT2D eigenvalue weighted by atomic mass is 32.2. The summed E-state index contributed by atoms with van der Waals surface area (Å²) in [5.41, 5.74) is 2.76. The zero-order chi connectivity index (χ0) is 12.9. The second-order valence-corrected chi connectivity index (χ2v) is 7.61. The lowest BCUT2D eigenvalue weighted by atomic mass is 10.1. The molecule has 1 aromatic heterocycles. The fourth-order valence-electron chi connectivity index (χ4n) is 1.63. The van der Waals surface area contributed by atoms with Gasteiger partial charge in [-0.25, -0.2) is 8.42 Å². The maximum Gasteiger partial charge on any atom is 0.147 e. The van der Waals surface area contributed by atoms with Crippen LogP contribution in [0.25, 0.3) is 0 Å². The van der Waals surface area contributed by atoms with E-state index in [0.29, 0.717) is 6.42 Å². The topological polar surface area (TPSA) is 72.2 Å². The van der Waals surface area contributed by atoms with Crippen LogP contribution >= 0.6 is 11.3 Å². The fraction of sp³-hybridized carbons (Fsp3) is 0.636. The maximum atomic E-state index is 11.0. The molecule has 3 N–H and O–H groups in total. The maximum absolute atomic E-state index is 11.0. The van der Waals surface area contributed by atoms with Gasteiger partial charge in [-0.3, -0.25) is 11.3 Å². The number of nitrogens with two attached hydrogens (primary N) is 1. The van der Waals surface area contributed by atoms with Crippen LogP contribution in [0.4, 0.5) is 0 Å². The van der Waals surface area contributed by atoms with E-state index in [1.54, 1.807) is 11.3 Å². The van der Waals surface area contributed by atoms with Crippen LogP contribution in [0.15, 0.2) is 12.1 Å². The minimum Gasteiger partial charge on any atom is -0.271 e. The van der Waals surface area contributed by atoms with Crippen LogP contribution < -0.4 is 11.3 Å². The van der Waals surface area contributed by atoms with E-state index in [0.717, 1.165) is 12.8 Å². The van der Waals surface area contributed by atoms with E-state index < -0.39 is 9.84 Å². The summed E-state index contributed by atoms with van der Waals surface area (Å²) in [6.07, 6.45) is 3.66. The van der Waals surface area contributed by atoms with Crippen LogP contribution in [-0.2, 0) is 16.3 Å². The summed E-state index contributed by atoms with van der Waals surface area (Å²) in [6, 6.07) is 4.22. The molecule has 0 saturated heterocycles. The fourth-order valence-corrected chi connectivity index (χ4v) is 3.37. The van der Waals surface area contributed by atoms with E-state index in [1.807, 2.05) is 0 Å². The minimum atomic E-state index is -2.87. The number of aryl methyl sites for hydroxylation is 1. The van der Waals surface area contributed by atoms with Crippen LogP contribution in [0.5, 0.6) is 0 Å². The first kappa shape index (κ1) is 14.6. The number of thiophene rings is 1. The number of sulfone groups is 1. The van der Waals surface area contributed by atoms with Crippen molar-refractivity contribution in [3.8, 4) is 0 Å². The Morgan fingerprint density at radius 3 is 2.65 bits per heavy atom. The first-order valence-electron chi connectivity index (χ1n) is 5.68. The number of nitrogens with one attached hydrogen (secondary N) is 1. The Kier molecular flexibility index (Phi) is 5.58. The van der Waals surface area contributed by atoms with Gasteiger partial charge in [0.2, 0.25) is 0 Å². The molecule has 98 valence electrons. The van der Waals surface area contributed by atoms with Gasteiger partial charge in [-0.05, 0) is 31.4 Å². The van der Waals surface area contributed by atoms with E-state index in [2.05, 4.69) is 24.5 Å². The zero-order valence-corrected chi connectivity index (χ0v) is 11.9. The van der Waals surface area contributed by atoms with Crippen molar-refractivity contribution in [3.63, 3.8) is 0 Å². The standard InChI is InChI=1S/C11H20N2O2S2/c1-3-9-6-7-11(16-9)10(13-12)5-4-8-17(2,14)15/h6-7,10,13H,3-5,8,12H2,1-2H3. The highest BCUT2D eigenvalue weighted by Crippen LogP contribution is 2.26. The molecule has 0 bridgehead atoms.